The van der Waals surface area contributed by atoms with E-state index in [9.17, 15) is 14.4 Å². The molecule has 1 heterocycles. The zero-order chi connectivity index (χ0) is 23.3. The lowest BCUT2D eigenvalue weighted by Gasteiger charge is -2.24. The average molecular weight is 438 g/mol. The summed E-state index contributed by atoms with van der Waals surface area (Å²) in [6.45, 7) is 6.68. The third-order valence-electron chi connectivity index (χ3n) is 5.65. The minimum Gasteiger partial charge on any atom is -0.497 e. The maximum Gasteiger partial charge on any atom is 0.251 e. The molecule has 32 heavy (non-hydrogen) atoms. The van der Waals surface area contributed by atoms with E-state index in [0.717, 1.165) is 12.0 Å². The number of hydrogen-bond donors (Lipinski definition) is 2. The van der Waals surface area contributed by atoms with Crippen molar-refractivity contribution in [3.63, 3.8) is 0 Å². The standard InChI is InChI=1S/C25H31N3O4/c1-25(2,3)18-9-7-17(8-10-18)23(30)26-16-22(29)28-15-5-6-21(28)24(31)27-19-11-13-20(32-4)14-12-19/h7-14,21H,5-6,15-16H2,1-4H3,(H,26,30)(H,27,31). The molecular formula is C25H31N3O4. The van der Waals surface area contributed by atoms with Gasteiger partial charge in [-0.25, -0.2) is 0 Å². The van der Waals surface area contributed by atoms with Crippen LogP contribution < -0.4 is 15.4 Å². The minimum absolute atomic E-state index is 0.00211. The second-order valence-corrected chi connectivity index (χ2v) is 8.97. The number of ether oxygens (including phenoxy) is 1. The Morgan fingerprint density at radius 3 is 2.28 bits per heavy atom. The molecule has 2 N–H and O–H groups in total. The molecule has 1 saturated heterocycles. The van der Waals surface area contributed by atoms with Crippen LogP contribution in [0.3, 0.4) is 0 Å². The van der Waals surface area contributed by atoms with Gasteiger partial charge < -0.3 is 20.3 Å². The fourth-order valence-electron chi connectivity index (χ4n) is 3.72. The Hall–Kier alpha value is -3.35. The summed E-state index contributed by atoms with van der Waals surface area (Å²) in [5, 5.41) is 5.53. The van der Waals surface area contributed by atoms with E-state index in [4.69, 9.17) is 4.74 Å². The van der Waals surface area contributed by atoms with Gasteiger partial charge in [0.2, 0.25) is 11.8 Å². The largest absolute Gasteiger partial charge is 0.497 e. The van der Waals surface area contributed by atoms with Crippen molar-refractivity contribution in [3.05, 3.63) is 59.7 Å². The Morgan fingerprint density at radius 2 is 1.69 bits per heavy atom. The van der Waals surface area contributed by atoms with Crippen LogP contribution in [0.15, 0.2) is 48.5 Å². The van der Waals surface area contributed by atoms with Crippen LogP contribution in [0.25, 0.3) is 0 Å². The number of nitrogens with one attached hydrogen (secondary N) is 2. The van der Waals surface area contributed by atoms with Gasteiger partial charge >= 0.3 is 0 Å². The normalized spacial score (nSPS) is 15.9. The third-order valence-corrected chi connectivity index (χ3v) is 5.65. The van der Waals surface area contributed by atoms with Crippen molar-refractivity contribution < 1.29 is 19.1 Å². The van der Waals surface area contributed by atoms with E-state index in [1.165, 1.54) is 0 Å². The highest BCUT2D eigenvalue weighted by atomic mass is 16.5. The van der Waals surface area contributed by atoms with E-state index in [-0.39, 0.29) is 29.7 Å². The zero-order valence-electron chi connectivity index (χ0n) is 19.1. The molecule has 0 aliphatic carbocycles. The smallest absolute Gasteiger partial charge is 0.251 e. The van der Waals surface area contributed by atoms with E-state index < -0.39 is 6.04 Å². The van der Waals surface area contributed by atoms with Crippen molar-refractivity contribution in [2.75, 3.05) is 25.5 Å². The number of benzene rings is 2. The van der Waals surface area contributed by atoms with Crippen LogP contribution in [-0.2, 0) is 15.0 Å². The molecule has 3 amide bonds. The van der Waals surface area contributed by atoms with Gasteiger partial charge in [0.05, 0.1) is 13.7 Å². The molecular weight excluding hydrogens is 406 g/mol. The van der Waals surface area contributed by atoms with E-state index in [1.54, 1.807) is 48.4 Å². The van der Waals surface area contributed by atoms with Crippen LogP contribution >= 0.6 is 0 Å². The molecule has 1 aliphatic rings. The lowest BCUT2D eigenvalue weighted by Crippen LogP contribution is -2.47. The number of amides is 3. The number of rotatable bonds is 6. The summed E-state index contributed by atoms with van der Waals surface area (Å²) in [7, 11) is 1.58. The Kier molecular flexibility index (Phi) is 7.18. The number of hydrogen-bond acceptors (Lipinski definition) is 4. The van der Waals surface area contributed by atoms with Gasteiger partial charge in [-0.3, -0.25) is 14.4 Å². The first-order chi connectivity index (χ1) is 15.2. The second-order valence-electron chi connectivity index (χ2n) is 8.97. The molecule has 0 saturated carbocycles. The topological polar surface area (TPSA) is 87.7 Å². The summed E-state index contributed by atoms with van der Waals surface area (Å²) >= 11 is 0. The predicted molar refractivity (Wildman–Crippen MR) is 124 cm³/mol. The fourth-order valence-corrected chi connectivity index (χ4v) is 3.72. The van der Waals surface area contributed by atoms with E-state index in [2.05, 4.69) is 31.4 Å². The van der Waals surface area contributed by atoms with Gasteiger partial charge in [-0.1, -0.05) is 32.9 Å². The van der Waals surface area contributed by atoms with Crippen molar-refractivity contribution in [2.24, 2.45) is 0 Å². The van der Waals surface area contributed by atoms with Crippen LogP contribution in [0.5, 0.6) is 5.75 Å². The number of likely N-dealkylation sites (tertiary alicyclic amines) is 1. The highest BCUT2D eigenvalue weighted by Gasteiger charge is 2.34. The quantitative estimate of drug-likeness (QED) is 0.726. The van der Waals surface area contributed by atoms with Gasteiger partial charge in [0.25, 0.3) is 5.91 Å². The summed E-state index contributed by atoms with van der Waals surface area (Å²) < 4.78 is 5.12. The molecule has 170 valence electrons. The molecule has 1 unspecified atom stereocenters. The Bertz CT molecular complexity index is 962. The minimum atomic E-state index is -0.549. The summed E-state index contributed by atoms with van der Waals surface area (Å²) in [4.78, 5) is 39.5. The first-order valence-electron chi connectivity index (χ1n) is 10.8. The first-order valence-corrected chi connectivity index (χ1v) is 10.8. The van der Waals surface area contributed by atoms with Crippen LogP contribution in [0.2, 0.25) is 0 Å². The number of anilines is 1. The lowest BCUT2D eigenvalue weighted by molar-refractivity contribution is -0.135. The van der Waals surface area contributed by atoms with E-state index in [1.807, 2.05) is 12.1 Å². The van der Waals surface area contributed by atoms with Gasteiger partial charge in [-0.2, -0.15) is 0 Å². The molecule has 3 rings (SSSR count). The van der Waals surface area contributed by atoms with Crippen LogP contribution in [-0.4, -0.2) is 48.9 Å². The molecule has 0 aromatic heterocycles. The molecule has 1 atom stereocenters. The van der Waals surface area contributed by atoms with Gasteiger partial charge in [-0.15, -0.1) is 0 Å². The molecule has 7 heteroatoms. The van der Waals surface area contributed by atoms with Crippen molar-refractivity contribution in [1.29, 1.82) is 0 Å². The fraction of sp³-hybridized carbons (Fsp3) is 0.400. The third kappa shape index (κ3) is 5.66. The highest BCUT2D eigenvalue weighted by molar-refractivity contribution is 5.99. The Balaban J connectivity index is 1.55. The van der Waals surface area contributed by atoms with Gasteiger partial charge in [-0.05, 0) is 60.2 Å². The average Bonchev–Trinajstić information content (AvgIpc) is 3.27. The lowest BCUT2D eigenvalue weighted by atomic mass is 9.87. The molecule has 1 fully saturated rings. The molecule has 2 aromatic rings. The molecule has 0 bridgehead atoms. The van der Waals surface area contributed by atoms with Crippen LogP contribution in [0, 0.1) is 0 Å². The predicted octanol–water partition coefficient (Wildman–Crippen LogP) is 3.35. The molecule has 1 aliphatic heterocycles. The van der Waals surface area contributed by atoms with Crippen molar-refractivity contribution in [1.82, 2.24) is 10.2 Å². The van der Waals surface area contributed by atoms with Gasteiger partial charge in [0.1, 0.15) is 11.8 Å². The number of carbonyl (C=O) groups is 3. The van der Waals surface area contributed by atoms with Gasteiger partial charge in [0.15, 0.2) is 0 Å². The summed E-state index contributed by atoms with van der Waals surface area (Å²) in [5.41, 5.74) is 2.28. The second kappa shape index (κ2) is 9.85. The highest BCUT2D eigenvalue weighted by Crippen LogP contribution is 2.23. The number of nitrogens with zero attached hydrogens (tertiary/aromatic N) is 1. The van der Waals surface area contributed by atoms with Crippen molar-refractivity contribution in [3.8, 4) is 5.75 Å². The van der Waals surface area contributed by atoms with Crippen LogP contribution in [0.1, 0.15) is 49.5 Å². The number of carbonyl (C=O) groups excluding carboxylic acids is 3. The molecule has 2 aromatic carbocycles. The summed E-state index contributed by atoms with van der Waals surface area (Å²) in [5.74, 6) is -0.108. The Morgan fingerprint density at radius 1 is 1.03 bits per heavy atom. The maximum atomic E-state index is 12.7. The summed E-state index contributed by atoms with van der Waals surface area (Å²) in [6.07, 6.45) is 1.34. The molecule has 0 radical (unpaired) electrons. The van der Waals surface area contributed by atoms with Crippen LogP contribution in [0.4, 0.5) is 5.69 Å². The maximum absolute atomic E-state index is 12.7. The molecule has 0 spiro atoms. The Labute approximate surface area is 189 Å². The SMILES string of the molecule is COc1ccc(NC(=O)C2CCCN2C(=O)CNC(=O)c2ccc(C(C)(C)C)cc2)cc1. The summed E-state index contributed by atoms with van der Waals surface area (Å²) in [6, 6.07) is 13.9. The van der Waals surface area contributed by atoms with E-state index >= 15 is 0 Å². The van der Waals surface area contributed by atoms with E-state index in [0.29, 0.717) is 30.0 Å². The van der Waals surface area contributed by atoms with Gasteiger partial charge in [0, 0.05) is 17.8 Å². The number of methoxy groups -OCH3 is 1. The molecule has 7 nitrogen and oxygen atoms in total. The first kappa shape index (κ1) is 23.3. The van der Waals surface area contributed by atoms with Crippen molar-refractivity contribution in [2.45, 2.75) is 45.1 Å². The van der Waals surface area contributed by atoms with Crippen molar-refractivity contribution >= 4 is 23.4 Å². The monoisotopic (exact) mass is 437 g/mol. The zero-order valence-corrected chi connectivity index (χ0v) is 19.1.